The van der Waals surface area contributed by atoms with Crippen LogP contribution in [-0.4, -0.2) is 148 Å². The van der Waals surface area contributed by atoms with Crippen LogP contribution in [-0.2, 0) is 42.5 Å². The number of ether oxygens (including phenoxy) is 6. The molecule has 82 heavy (non-hydrogen) atoms. The third-order valence-corrected chi connectivity index (χ3v) is 20.0. The maximum Gasteiger partial charge on any atom is 0.534 e. The summed E-state index contributed by atoms with van der Waals surface area (Å²) in [5.74, 6) is -4.16. The highest BCUT2D eigenvalue weighted by atomic mass is 35.6. The van der Waals surface area contributed by atoms with E-state index in [-0.39, 0.29) is 66.0 Å². The lowest BCUT2D eigenvalue weighted by Crippen LogP contribution is -2.58. The first-order valence-corrected chi connectivity index (χ1v) is 31.7. The summed E-state index contributed by atoms with van der Waals surface area (Å²) in [6.45, 7) is 7.10. The van der Waals surface area contributed by atoms with Crippen LogP contribution >= 0.6 is 69.6 Å². The van der Waals surface area contributed by atoms with Gasteiger partial charge in [0, 0.05) is 37.4 Å². The summed E-state index contributed by atoms with van der Waals surface area (Å²) >= 11 is 35.2. The molecule has 2 aromatic rings. The number of aliphatic hydroxyl groups is 1. The van der Waals surface area contributed by atoms with Gasteiger partial charge in [-0.3, -0.25) is 9.59 Å². The number of methoxy groups -OCH3 is 2. The van der Waals surface area contributed by atoms with E-state index >= 15 is 0 Å². The topological polar surface area (TPSA) is 253 Å². The Bertz CT molecular complexity index is 3110. The quantitative estimate of drug-likeness (QED) is 0.0364. The molecule has 1 N–H and O–H groups in total. The molecule has 0 unspecified atom stereocenters. The minimum atomic E-state index is -6.24. The molecule has 4 aliphatic heterocycles. The van der Waals surface area contributed by atoms with Crippen molar-refractivity contribution in [2.75, 3.05) is 50.4 Å². The third kappa shape index (κ3) is 15.0. The summed E-state index contributed by atoms with van der Waals surface area (Å²) in [5.41, 5.74) is -13.1. The highest BCUT2D eigenvalue weighted by Gasteiger charge is 2.55. The second-order valence-corrected chi connectivity index (χ2v) is 32.5. The van der Waals surface area contributed by atoms with Gasteiger partial charge in [0.1, 0.15) is 24.7 Å². The molecule has 458 valence electrons. The fraction of sp³-hybridized carbons (Fsp3) is 0.556. The highest BCUT2D eigenvalue weighted by Crippen LogP contribution is 2.48. The number of amides is 4. The standard InChI is InChI=1S/C45H50Cl6F6N4O18S2Si/c1-41(2,3)82(6,7)79-38-30-14-24(78-81(69,70)45(55,56)57)20-59(30)36(63)26-16-32(72-5)34(18-28(26)61(38)40(66)76-22-43(49,50)51)74-12-10-8-9-11-73-33-17-27-25(15-31(33)71-4)35(62)58-19-23(77-80(67,68)44(52,53)54)13-29(58)37(64)60(27)39(65)75-21-42(46,47)48/h15-20,29-30,37-38,64H,8-14,21-22H2,1-7H3/t29-,30-,37-,38-/m0/s1. The number of hydrogen-bond acceptors (Lipinski definition) is 18. The number of alkyl halides is 12. The maximum absolute atomic E-state index is 14.6. The van der Waals surface area contributed by atoms with Crippen molar-refractivity contribution in [2.24, 2.45) is 0 Å². The Labute approximate surface area is 496 Å². The first kappa shape index (κ1) is 66.7. The molecule has 2 aromatic carbocycles. The molecule has 0 spiro atoms. The molecule has 4 heterocycles. The number of nitrogens with zero attached hydrogens (tertiary/aromatic N) is 4. The predicted molar refractivity (Wildman–Crippen MR) is 285 cm³/mol. The number of unbranched alkanes of at least 4 members (excludes halogenated alkanes) is 2. The minimum absolute atomic E-state index is 0.0529. The van der Waals surface area contributed by atoms with Gasteiger partial charge in [-0.15, -0.1) is 0 Å². The molecule has 0 aliphatic carbocycles. The fourth-order valence-electron chi connectivity index (χ4n) is 8.09. The second kappa shape index (κ2) is 24.5. The molecule has 4 atom stereocenters. The summed E-state index contributed by atoms with van der Waals surface area (Å²) in [5, 5.41) is 11.0. The second-order valence-electron chi connectivity index (χ2n) is 19.7. The van der Waals surface area contributed by atoms with E-state index in [0.717, 1.165) is 28.1 Å². The summed E-state index contributed by atoms with van der Waals surface area (Å²) in [6.07, 6.45) is -5.84. The van der Waals surface area contributed by atoms with Gasteiger partial charge in [-0.1, -0.05) is 90.4 Å². The smallest absolute Gasteiger partial charge is 0.493 e. The maximum atomic E-state index is 14.6. The Kier molecular flexibility index (Phi) is 19.9. The Balaban J connectivity index is 1.26. The fourth-order valence-corrected chi connectivity index (χ4v) is 10.6. The van der Waals surface area contributed by atoms with Gasteiger partial charge < -0.3 is 56.1 Å². The number of carbonyl (C=O) groups excluding carboxylic acids is 4. The number of carbonyl (C=O) groups is 4. The van der Waals surface area contributed by atoms with Crippen LogP contribution in [0.3, 0.4) is 0 Å². The number of rotatable bonds is 18. The van der Waals surface area contributed by atoms with Gasteiger partial charge in [0.25, 0.3) is 11.8 Å². The van der Waals surface area contributed by atoms with Gasteiger partial charge in [0.15, 0.2) is 43.8 Å². The molecular formula is C45H50Cl6F6N4O18S2Si. The molecular weight excluding hydrogens is 1300 g/mol. The molecule has 37 heteroatoms. The van der Waals surface area contributed by atoms with E-state index in [1.165, 1.54) is 26.4 Å². The third-order valence-electron chi connectivity index (χ3n) is 12.9. The Morgan fingerprint density at radius 2 is 1.02 bits per heavy atom. The van der Waals surface area contributed by atoms with Crippen LogP contribution in [0.2, 0.25) is 18.1 Å². The van der Waals surface area contributed by atoms with E-state index in [2.05, 4.69) is 8.37 Å². The van der Waals surface area contributed by atoms with Crippen molar-refractivity contribution >= 4 is 134 Å². The van der Waals surface area contributed by atoms with Crippen molar-refractivity contribution in [2.45, 2.75) is 114 Å². The largest absolute Gasteiger partial charge is 0.534 e. The SMILES string of the molecule is COc1cc2c(cc1OCCCCCOc1cc3c(cc1OC)C(=O)N1C=C(OS(=O)(=O)C(F)(F)F)C[C@H]1[C@H](O[Si](C)(C)C(C)(C)C)N3C(=O)OCC(Cl)(Cl)Cl)N(C(=O)OCC(Cl)(Cl)Cl)[C@@H](O)[C@@H]1CC(OS(=O)(=O)C(F)(F)F)=CN1C2=O. The van der Waals surface area contributed by atoms with Crippen LogP contribution in [0.5, 0.6) is 23.0 Å². The Hall–Kier alpha value is -4.44. The first-order valence-electron chi connectivity index (χ1n) is 23.7. The lowest BCUT2D eigenvalue weighted by molar-refractivity contribution is -0.0528. The van der Waals surface area contributed by atoms with E-state index in [1.54, 1.807) is 13.1 Å². The zero-order valence-electron chi connectivity index (χ0n) is 43.7. The van der Waals surface area contributed by atoms with E-state index in [1.807, 2.05) is 20.8 Å². The van der Waals surface area contributed by atoms with E-state index in [4.69, 9.17) is 102 Å². The lowest BCUT2D eigenvalue weighted by atomic mass is 10.1. The average molecular weight is 1350 g/mol. The van der Waals surface area contributed by atoms with Crippen molar-refractivity contribution < 1.29 is 109 Å². The van der Waals surface area contributed by atoms with E-state index < -0.39 is 144 Å². The summed E-state index contributed by atoms with van der Waals surface area (Å²) in [4.78, 5) is 59.6. The predicted octanol–water partition coefficient (Wildman–Crippen LogP) is 10.5. The normalized spacial score (nSPS) is 19.9. The van der Waals surface area contributed by atoms with Crippen molar-refractivity contribution in [3.05, 3.63) is 59.3 Å². The molecule has 4 amide bonds. The molecule has 0 saturated heterocycles. The molecule has 6 rings (SSSR count). The minimum Gasteiger partial charge on any atom is -0.493 e. The summed E-state index contributed by atoms with van der Waals surface area (Å²) in [6, 6.07) is 1.49. The molecule has 0 aromatic heterocycles. The van der Waals surface area contributed by atoms with Crippen LogP contribution in [0.15, 0.2) is 48.2 Å². The summed E-state index contributed by atoms with van der Waals surface area (Å²) < 4.78 is 173. The number of hydrogen-bond donors (Lipinski definition) is 1. The van der Waals surface area contributed by atoms with Gasteiger partial charge in [0.2, 0.25) is 7.59 Å². The molecule has 22 nitrogen and oxygen atoms in total. The van der Waals surface area contributed by atoms with E-state index in [9.17, 15) is 67.5 Å². The zero-order valence-corrected chi connectivity index (χ0v) is 50.8. The molecule has 4 aliphatic rings. The Morgan fingerprint density at radius 1 is 0.634 bits per heavy atom. The zero-order chi connectivity index (χ0) is 61.7. The lowest BCUT2D eigenvalue weighted by Gasteiger charge is -2.44. The number of benzene rings is 2. The van der Waals surface area contributed by atoms with Gasteiger partial charge in [0.05, 0.1) is 62.0 Å². The van der Waals surface area contributed by atoms with Crippen LogP contribution in [0.4, 0.5) is 47.3 Å². The van der Waals surface area contributed by atoms with Gasteiger partial charge in [-0.05, 0) is 49.5 Å². The number of anilines is 2. The molecule has 0 radical (unpaired) electrons. The highest BCUT2D eigenvalue weighted by molar-refractivity contribution is 7.88. The van der Waals surface area contributed by atoms with Gasteiger partial charge >= 0.3 is 43.4 Å². The van der Waals surface area contributed by atoms with Crippen LogP contribution in [0, 0.1) is 0 Å². The van der Waals surface area contributed by atoms with Crippen molar-refractivity contribution in [3.8, 4) is 23.0 Å². The monoisotopic (exact) mass is 1350 g/mol. The number of aliphatic hydroxyl groups excluding tert-OH is 1. The first-order chi connectivity index (χ1) is 37.5. The van der Waals surface area contributed by atoms with Gasteiger partial charge in [-0.2, -0.15) is 43.2 Å². The molecule has 0 saturated carbocycles. The van der Waals surface area contributed by atoms with Crippen molar-refractivity contribution in [1.82, 2.24) is 9.80 Å². The van der Waals surface area contributed by atoms with E-state index in [0.29, 0.717) is 22.4 Å². The van der Waals surface area contributed by atoms with Crippen molar-refractivity contribution in [1.29, 1.82) is 0 Å². The molecule has 0 fully saturated rings. The van der Waals surface area contributed by atoms with Crippen LogP contribution < -0.4 is 28.7 Å². The average Bonchev–Trinajstić information content (AvgIpc) is 3.33. The summed E-state index contributed by atoms with van der Waals surface area (Å²) in [7, 11) is -13.2. The van der Waals surface area contributed by atoms with Crippen LogP contribution in [0.25, 0.3) is 0 Å². The van der Waals surface area contributed by atoms with Crippen molar-refractivity contribution in [3.63, 3.8) is 0 Å². The number of halogens is 12. The van der Waals surface area contributed by atoms with Gasteiger partial charge in [-0.25, -0.2) is 19.4 Å². The molecule has 0 bridgehead atoms. The Morgan fingerprint density at radius 3 is 1.41 bits per heavy atom. The van der Waals surface area contributed by atoms with Crippen LogP contribution in [0.1, 0.15) is 73.6 Å². The number of fused-ring (bicyclic) bond motifs is 4.